The highest BCUT2D eigenvalue weighted by Gasteiger charge is 2.56. The van der Waals surface area contributed by atoms with Gasteiger partial charge in [-0.1, -0.05) is 18.6 Å². The Morgan fingerprint density at radius 1 is 1.05 bits per heavy atom. The Kier molecular flexibility index (Phi) is 3.03. The van der Waals surface area contributed by atoms with Gasteiger partial charge in [-0.2, -0.15) is 0 Å². The van der Waals surface area contributed by atoms with Crippen molar-refractivity contribution in [1.29, 1.82) is 0 Å². The first kappa shape index (κ1) is 12.4. The monoisotopic (exact) mass is 270 g/mol. The molecule has 3 aliphatic carbocycles. The molecule has 3 aliphatic rings. The van der Waals surface area contributed by atoms with Crippen LogP contribution in [0.4, 0.5) is 5.69 Å². The van der Waals surface area contributed by atoms with Gasteiger partial charge in [0.15, 0.2) is 0 Å². The van der Waals surface area contributed by atoms with Crippen LogP contribution in [0.15, 0.2) is 24.3 Å². The van der Waals surface area contributed by atoms with E-state index in [2.05, 4.69) is 22.8 Å². The molecule has 4 rings (SSSR count). The van der Waals surface area contributed by atoms with E-state index < -0.39 is 0 Å². The molecule has 0 aliphatic heterocycles. The first-order valence-electron chi connectivity index (χ1n) is 7.94. The summed E-state index contributed by atoms with van der Waals surface area (Å²) < 4.78 is 0. The minimum atomic E-state index is 0.239. The highest BCUT2D eigenvalue weighted by Crippen LogP contribution is 2.57. The summed E-state index contributed by atoms with van der Waals surface area (Å²) in [5.74, 6) is 1.93. The summed E-state index contributed by atoms with van der Waals surface area (Å²) in [7, 11) is 0. The van der Waals surface area contributed by atoms with Gasteiger partial charge in [0.25, 0.3) is 0 Å². The van der Waals surface area contributed by atoms with Gasteiger partial charge in [-0.3, -0.25) is 4.79 Å². The lowest BCUT2D eigenvalue weighted by Gasteiger charge is -2.08. The number of carbonyl (C=O) groups excluding carboxylic acids is 1. The second kappa shape index (κ2) is 4.88. The number of hydrogen-bond donors (Lipinski definition) is 2. The van der Waals surface area contributed by atoms with Gasteiger partial charge >= 0.3 is 0 Å². The van der Waals surface area contributed by atoms with Gasteiger partial charge in [0.1, 0.15) is 0 Å². The molecule has 0 bridgehead atoms. The van der Waals surface area contributed by atoms with Crippen LogP contribution < -0.4 is 10.6 Å². The van der Waals surface area contributed by atoms with Crippen molar-refractivity contribution in [2.75, 3.05) is 5.32 Å². The van der Waals surface area contributed by atoms with Crippen molar-refractivity contribution in [2.45, 2.75) is 44.7 Å². The van der Waals surface area contributed by atoms with E-state index in [4.69, 9.17) is 0 Å². The number of amides is 1. The SMILES string of the molecule is O=C(Nc1ccc(CNC2CC2)cc1)C1C2CCCC21. The lowest BCUT2D eigenvalue weighted by Crippen LogP contribution is -2.17. The van der Waals surface area contributed by atoms with Crippen molar-refractivity contribution in [1.82, 2.24) is 5.32 Å². The molecule has 106 valence electrons. The number of anilines is 1. The molecule has 3 heteroatoms. The Bertz CT molecular complexity index is 496. The second-order valence-corrected chi connectivity index (χ2v) is 6.63. The molecular weight excluding hydrogens is 248 g/mol. The summed E-state index contributed by atoms with van der Waals surface area (Å²) in [6.45, 7) is 0.936. The van der Waals surface area contributed by atoms with Crippen molar-refractivity contribution in [2.24, 2.45) is 17.8 Å². The molecule has 20 heavy (non-hydrogen) atoms. The minimum absolute atomic E-state index is 0.239. The van der Waals surface area contributed by atoms with Crippen molar-refractivity contribution in [3.8, 4) is 0 Å². The fraction of sp³-hybridized carbons (Fsp3) is 0.588. The minimum Gasteiger partial charge on any atom is -0.326 e. The molecule has 3 fully saturated rings. The number of rotatable bonds is 5. The molecule has 1 aromatic carbocycles. The molecule has 1 aromatic rings. The van der Waals surface area contributed by atoms with E-state index in [0.29, 0.717) is 17.8 Å². The van der Waals surface area contributed by atoms with Gasteiger partial charge < -0.3 is 10.6 Å². The fourth-order valence-electron chi connectivity index (χ4n) is 3.69. The van der Waals surface area contributed by atoms with Gasteiger partial charge in [0.05, 0.1) is 0 Å². The van der Waals surface area contributed by atoms with E-state index in [0.717, 1.165) is 18.3 Å². The molecule has 2 unspecified atom stereocenters. The predicted octanol–water partition coefficient (Wildman–Crippen LogP) is 2.92. The maximum Gasteiger partial charge on any atom is 0.228 e. The molecule has 1 amide bonds. The molecule has 0 radical (unpaired) electrons. The number of benzene rings is 1. The number of fused-ring (bicyclic) bond motifs is 1. The average Bonchev–Trinajstić information content (AvgIpc) is 3.37. The average molecular weight is 270 g/mol. The quantitative estimate of drug-likeness (QED) is 0.863. The van der Waals surface area contributed by atoms with Crippen LogP contribution in [0.1, 0.15) is 37.7 Å². The zero-order valence-corrected chi connectivity index (χ0v) is 11.8. The van der Waals surface area contributed by atoms with Crippen molar-refractivity contribution in [3.63, 3.8) is 0 Å². The van der Waals surface area contributed by atoms with Crippen LogP contribution in [-0.2, 0) is 11.3 Å². The molecule has 0 saturated heterocycles. The number of carbonyl (C=O) groups is 1. The molecule has 0 spiro atoms. The smallest absolute Gasteiger partial charge is 0.228 e. The summed E-state index contributed by atoms with van der Waals surface area (Å²) in [4.78, 5) is 12.2. The summed E-state index contributed by atoms with van der Waals surface area (Å²) in [5, 5.41) is 6.58. The second-order valence-electron chi connectivity index (χ2n) is 6.63. The summed E-state index contributed by atoms with van der Waals surface area (Å²) in [5.41, 5.74) is 2.23. The summed E-state index contributed by atoms with van der Waals surface area (Å²) in [6.07, 6.45) is 6.47. The Labute approximate surface area is 120 Å². The Balaban J connectivity index is 1.31. The van der Waals surface area contributed by atoms with Gasteiger partial charge in [-0.15, -0.1) is 0 Å². The van der Waals surface area contributed by atoms with Crippen molar-refractivity contribution < 1.29 is 4.79 Å². The van der Waals surface area contributed by atoms with Crippen molar-refractivity contribution in [3.05, 3.63) is 29.8 Å². The zero-order valence-electron chi connectivity index (χ0n) is 11.8. The lowest BCUT2D eigenvalue weighted by molar-refractivity contribution is -0.118. The Hall–Kier alpha value is -1.35. The van der Waals surface area contributed by atoms with Crippen LogP contribution in [0.2, 0.25) is 0 Å². The topological polar surface area (TPSA) is 41.1 Å². The van der Waals surface area contributed by atoms with Crippen molar-refractivity contribution >= 4 is 11.6 Å². The van der Waals surface area contributed by atoms with Crippen LogP contribution in [0, 0.1) is 17.8 Å². The highest BCUT2D eigenvalue weighted by molar-refractivity contribution is 5.95. The third kappa shape index (κ3) is 2.47. The van der Waals surface area contributed by atoms with E-state index in [1.54, 1.807) is 0 Å². The fourth-order valence-corrected chi connectivity index (χ4v) is 3.69. The lowest BCUT2D eigenvalue weighted by atomic mass is 10.1. The number of nitrogens with one attached hydrogen (secondary N) is 2. The Morgan fingerprint density at radius 3 is 2.40 bits per heavy atom. The van der Waals surface area contributed by atoms with E-state index >= 15 is 0 Å². The Morgan fingerprint density at radius 2 is 1.75 bits per heavy atom. The molecule has 2 N–H and O–H groups in total. The normalized spacial score (nSPS) is 30.9. The third-order valence-electron chi connectivity index (χ3n) is 5.10. The zero-order chi connectivity index (χ0) is 13.5. The molecule has 2 atom stereocenters. The van der Waals surface area contributed by atoms with Gasteiger partial charge in [-0.05, 0) is 55.2 Å². The molecule has 0 aromatic heterocycles. The van der Waals surface area contributed by atoms with E-state index in [1.807, 2.05) is 12.1 Å². The maximum absolute atomic E-state index is 12.2. The van der Waals surface area contributed by atoms with Crippen LogP contribution in [-0.4, -0.2) is 11.9 Å². The van der Waals surface area contributed by atoms with Crippen LogP contribution in [0.5, 0.6) is 0 Å². The molecule has 3 saturated carbocycles. The maximum atomic E-state index is 12.2. The molecule has 0 heterocycles. The predicted molar refractivity (Wildman–Crippen MR) is 79.3 cm³/mol. The highest BCUT2D eigenvalue weighted by atomic mass is 16.2. The molecule has 3 nitrogen and oxygen atoms in total. The van der Waals surface area contributed by atoms with Gasteiger partial charge in [0.2, 0.25) is 5.91 Å². The van der Waals surface area contributed by atoms with E-state index in [9.17, 15) is 4.79 Å². The summed E-state index contributed by atoms with van der Waals surface area (Å²) in [6, 6.07) is 9.01. The van der Waals surface area contributed by atoms with E-state index in [-0.39, 0.29) is 5.91 Å². The first-order chi connectivity index (χ1) is 9.81. The largest absolute Gasteiger partial charge is 0.326 e. The van der Waals surface area contributed by atoms with Crippen LogP contribution in [0.25, 0.3) is 0 Å². The number of hydrogen-bond acceptors (Lipinski definition) is 2. The third-order valence-corrected chi connectivity index (χ3v) is 5.10. The molecular formula is C17H22N2O. The van der Waals surface area contributed by atoms with Gasteiger partial charge in [0, 0.05) is 24.2 Å². The van der Waals surface area contributed by atoms with Crippen LogP contribution in [0.3, 0.4) is 0 Å². The standard InChI is InChI=1S/C17H22N2O/c20-17(16-14-2-1-3-15(14)16)19-13-6-4-11(5-7-13)10-18-12-8-9-12/h4-7,12,14-16,18H,1-3,8-10H2,(H,19,20). The first-order valence-corrected chi connectivity index (χ1v) is 7.94. The van der Waals surface area contributed by atoms with Crippen LogP contribution >= 0.6 is 0 Å². The summed E-state index contributed by atoms with van der Waals surface area (Å²) >= 11 is 0. The van der Waals surface area contributed by atoms with E-state index in [1.165, 1.54) is 37.7 Å². The van der Waals surface area contributed by atoms with Gasteiger partial charge in [-0.25, -0.2) is 0 Å².